The van der Waals surface area contributed by atoms with E-state index >= 15 is 0 Å². The van der Waals surface area contributed by atoms with Crippen LogP contribution in [0, 0.1) is 0 Å². The summed E-state index contributed by atoms with van der Waals surface area (Å²) in [4.78, 5) is 40.4. The van der Waals surface area contributed by atoms with E-state index in [1.807, 2.05) is 30.3 Å². The number of methoxy groups -OCH3 is 1. The fraction of sp³-hybridized carbons (Fsp3) is 0.161. The average molecular weight is 569 g/mol. The van der Waals surface area contributed by atoms with Crippen LogP contribution in [0.4, 0.5) is 0 Å². The predicted octanol–water partition coefficient (Wildman–Crippen LogP) is 5.04. The molecule has 0 aliphatic heterocycles. The summed E-state index contributed by atoms with van der Waals surface area (Å²) in [6, 6.07) is 24.8. The van der Waals surface area contributed by atoms with E-state index in [4.69, 9.17) is 23.8 Å². The first-order chi connectivity index (χ1) is 20.5. The van der Waals surface area contributed by atoms with Crippen molar-refractivity contribution in [2.24, 2.45) is 15.5 Å². The van der Waals surface area contributed by atoms with E-state index in [0.29, 0.717) is 39.4 Å². The Balaban J connectivity index is 1.49. The summed E-state index contributed by atoms with van der Waals surface area (Å²) in [7, 11) is 4.04. The van der Waals surface area contributed by atoms with Crippen LogP contribution < -0.4 is 0 Å². The molecule has 0 N–H and O–H groups in total. The molecule has 0 unspecified atom stereocenters. The summed E-state index contributed by atoms with van der Waals surface area (Å²) >= 11 is 0. The van der Waals surface area contributed by atoms with E-state index in [9.17, 15) is 9.59 Å². The van der Waals surface area contributed by atoms with Crippen molar-refractivity contribution in [3.63, 3.8) is 0 Å². The third-order valence-corrected chi connectivity index (χ3v) is 6.00. The van der Waals surface area contributed by atoms with E-state index in [0.717, 1.165) is 5.56 Å². The molecule has 3 aromatic carbocycles. The SMILES string of the molecule is CON=C(C(C)=NOCc1ccccc1C(=NOC)C(=O)OC)c1ccc(-c2cc(C(=O)c3ccccc3)no2)cc1. The Morgan fingerprint density at radius 2 is 1.45 bits per heavy atom. The second-order valence-corrected chi connectivity index (χ2v) is 8.69. The van der Waals surface area contributed by atoms with E-state index < -0.39 is 5.97 Å². The minimum atomic E-state index is -0.647. The zero-order chi connectivity index (χ0) is 29.9. The largest absolute Gasteiger partial charge is 0.464 e. The number of oxime groups is 3. The Morgan fingerprint density at radius 3 is 2.14 bits per heavy atom. The van der Waals surface area contributed by atoms with Gasteiger partial charge in [0.2, 0.25) is 5.78 Å². The van der Waals surface area contributed by atoms with Gasteiger partial charge in [0.25, 0.3) is 0 Å². The maximum atomic E-state index is 12.7. The highest BCUT2D eigenvalue weighted by Gasteiger charge is 2.20. The minimum absolute atomic E-state index is 0.00457. The topological polar surface area (TPSA) is 134 Å². The number of ether oxygens (including phenoxy) is 1. The number of hydrogen-bond acceptors (Lipinski definition) is 11. The van der Waals surface area contributed by atoms with Gasteiger partial charge in [-0.2, -0.15) is 0 Å². The lowest BCUT2D eigenvalue weighted by molar-refractivity contribution is -0.132. The van der Waals surface area contributed by atoms with Crippen LogP contribution in [0.25, 0.3) is 11.3 Å². The smallest absolute Gasteiger partial charge is 0.360 e. The zero-order valence-electron chi connectivity index (χ0n) is 23.4. The molecule has 0 saturated heterocycles. The lowest BCUT2D eigenvalue weighted by atomic mass is 10.0. The number of ketones is 1. The molecule has 0 radical (unpaired) electrons. The summed E-state index contributed by atoms with van der Waals surface area (Å²) in [5, 5.41) is 16.1. The molecular weight excluding hydrogens is 540 g/mol. The van der Waals surface area contributed by atoms with Gasteiger partial charge in [0.1, 0.15) is 32.2 Å². The summed E-state index contributed by atoms with van der Waals surface area (Å²) in [6.07, 6.45) is 0. The van der Waals surface area contributed by atoms with Crippen LogP contribution in [0.3, 0.4) is 0 Å². The second-order valence-electron chi connectivity index (χ2n) is 8.69. The Labute approximate surface area is 242 Å². The van der Waals surface area contributed by atoms with Crippen molar-refractivity contribution in [3.05, 3.63) is 113 Å². The highest BCUT2D eigenvalue weighted by atomic mass is 16.6. The maximum absolute atomic E-state index is 12.7. The van der Waals surface area contributed by atoms with Crippen LogP contribution in [-0.2, 0) is 30.7 Å². The first kappa shape index (κ1) is 29.4. The van der Waals surface area contributed by atoms with E-state index in [2.05, 4.69) is 20.6 Å². The van der Waals surface area contributed by atoms with Gasteiger partial charge >= 0.3 is 5.97 Å². The van der Waals surface area contributed by atoms with Crippen molar-refractivity contribution in [1.29, 1.82) is 0 Å². The third kappa shape index (κ3) is 6.94. The Kier molecular flexibility index (Phi) is 9.92. The molecule has 0 amide bonds. The standard InChI is InChI=1S/C31H28N4O7/c1-20(32-41-19-24-12-8-9-13-25(24)29(35-40-4)31(37)38-2)28(34-39-3)22-16-14-21(15-17-22)27-18-26(33-42-27)30(36)23-10-6-5-7-11-23/h5-18H,19H2,1-4H3. The normalized spacial score (nSPS) is 12.0. The number of esters is 1. The Hall–Kier alpha value is -5.58. The van der Waals surface area contributed by atoms with Crippen LogP contribution in [0.5, 0.6) is 0 Å². The number of carbonyl (C=O) groups is 2. The third-order valence-electron chi connectivity index (χ3n) is 6.00. The number of nitrogens with zero attached hydrogens (tertiary/aromatic N) is 4. The quantitative estimate of drug-likeness (QED) is 0.100. The lowest BCUT2D eigenvalue weighted by Gasteiger charge is -2.10. The molecule has 1 heterocycles. The van der Waals surface area contributed by atoms with Crippen molar-refractivity contribution in [2.45, 2.75) is 13.5 Å². The van der Waals surface area contributed by atoms with E-state index in [-0.39, 0.29) is 23.8 Å². The predicted molar refractivity (Wildman–Crippen MR) is 155 cm³/mol. The molecule has 4 rings (SSSR count). The molecular formula is C31H28N4O7. The van der Waals surface area contributed by atoms with Crippen molar-refractivity contribution < 1.29 is 33.4 Å². The van der Waals surface area contributed by atoms with Gasteiger partial charge in [0, 0.05) is 33.9 Å². The maximum Gasteiger partial charge on any atom is 0.360 e. The molecule has 0 aliphatic carbocycles. The molecule has 4 aromatic rings. The fourth-order valence-electron chi connectivity index (χ4n) is 3.97. The molecule has 0 saturated carbocycles. The average Bonchev–Trinajstić information content (AvgIpc) is 3.53. The summed E-state index contributed by atoms with van der Waals surface area (Å²) in [6.45, 7) is 1.75. The van der Waals surface area contributed by atoms with Crippen LogP contribution in [-0.4, -0.2) is 55.4 Å². The van der Waals surface area contributed by atoms with Crippen molar-refractivity contribution in [2.75, 3.05) is 21.3 Å². The number of aromatic nitrogens is 1. The van der Waals surface area contributed by atoms with Gasteiger partial charge in [-0.25, -0.2) is 4.79 Å². The molecule has 11 heteroatoms. The molecule has 0 atom stereocenters. The van der Waals surface area contributed by atoms with Gasteiger partial charge < -0.3 is 23.8 Å². The van der Waals surface area contributed by atoms with Gasteiger partial charge in [-0.15, -0.1) is 0 Å². The van der Waals surface area contributed by atoms with Gasteiger partial charge in [0.05, 0.1) is 7.11 Å². The van der Waals surface area contributed by atoms with Crippen LogP contribution >= 0.6 is 0 Å². The summed E-state index contributed by atoms with van der Waals surface area (Å²) in [5.41, 5.74) is 4.18. The molecule has 0 bridgehead atoms. The fourth-order valence-corrected chi connectivity index (χ4v) is 3.97. The lowest BCUT2D eigenvalue weighted by Crippen LogP contribution is -2.19. The van der Waals surface area contributed by atoms with Crippen molar-refractivity contribution in [3.8, 4) is 11.3 Å². The molecule has 0 spiro atoms. The van der Waals surface area contributed by atoms with Gasteiger partial charge in [-0.05, 0) is 6.92 Å². The number of hydrogen-bond donors (Lipinski definition) is 0. The summed E-state index contributed by atoms with van der Waals surface area (Å²) in [5.74, 6) is -0.424. The number of carbonyl (C=O) groups excluding carboxylic acids is 2. The first-order valence-electron chi connectivity index (χ1n) is 12.7. The highest BCUT2D eigenvalue weighted by molar-refractivity contribution is 6.47. The molecule has 214 valence electrons. The van der Waals surface area contributed by atoms with Crippen molar-refractivity contribution >= 4 is 28.9 Å². The van der Waals surface area contributed by atoms with E-state index in [1.54, 1.807) is 61.5 Å². The molecule has 1 aromatic heterocycles. The zero-order valence-corrected chi connectivity index (χ0v) is 23.4. The van der Waals surface area contributed by atoms with Gasteiger partial charge in [-0.1, -0.05) is 99.5 Å². The monoisotopic (exact) mass is 568 g/mol. The van der Waals surface area contributed by atoms with Crippen LogP contribution in [0.2, 0.25) is 0 Å². The summed E-state index contributed by atoms with van der Waals surface area (Å²) < 4.78 is 10.3. The van der Waals surface area contributed by atoms with Crippen LogP contribution in [0.1, 0.15) is 39.7 Å². The van der Waals surface area contributed by atoms with Crippen LogP contribution in [0.15, 0.2) is 105 Å². The minimum Gasteiger partial charge on any atom is -0.464 e. The molecule has 11 nitrogen and oxygen atoms in total. The highest BCUT2D eigenvalue weighted by Crippen LogP contribution is 2.23. The number of benzene rings is 3. The molecule has 0 aliphatic rings. The van der Waals surface area contributed by atoms with Gasteiger partial charge in [0.15, 0.2) is 17.2 Å². The Morgan fingerprint density at radius 1 is 0.786 bits per heavy atom. The molecule has 42 heavy (non-hydrogen) atoms. The molecule has 0 fully saturated rings. The Bertz CT molecular complexity index is 1620. The first-order valence-corrected chi connectivity index (χ1v) is 12.7. The van der Waals surface area contributed by atoms with Gasteiger partial charge in [-0.3, -0.25) is 4.79 Å². The number of rotatable bonds is 12. The van der Waals surface area contributed by atoms with E-state index in [1.165, 1.54) is 21.3 Å². The van der Waals surface area contributed by atoms with Crippen molar-refractivity contribution in [1.82, 2.24) is 5.16 Å². The second kappa shape index (κ2) is 14.2.